The van der Waals surface area contributed by atoms with Gasteiger partial charge in [-0.3, -0.25) is 9.40 Å². The molecule has 0 spiro atoms. The third-order valence-electron chi connectivity index (χ3n) is 2.11. The molecule has 0 fully saturated rings. The Morgan fingerprint density at radius 1 is 1.50 bits per heavy atom. The second-order valence-corrected chi connectivity index (χ2v) is 5.51. The van der Waals surface area contributed by atoms with Crippen molar-refractivity contribution >= 4 is 33.1 Å². The molecule has 0 amide bonds. The average molecular weight is 288 g/mol. The summed E-state index contributed by atoms with van der Waals surface area (Å²) < 4.78 is 27.7. The van der Waals surface area contributed by atoms with Crippen LogP contribution < -0.4 is 10.5 Å². The zero-order chi connectivity index (χ0) is 13.3. The molecule has 0 radical (unpaired) electrons. The van der Waals surface area contributed by atoms with Crippen LogP contribution in [0.2, 0.25) is 5.15 Å². The van der Waals surface area contributed by atoms with Gasteiger partial charge in [-0.1, -0.05) is 11.6 Å². The Morgan fingerprint density at radius 3 is 2.78 bits per heavy atom. The molecule has 18 heavy (non-hydrogen) atoms. The van der Waals surface area contributed by atoms with E-state index in [2.05, 4.69) is 14.8 Å². The summed E-state index contributed by atoms with van der Waals surface area (Å²) in [5.41, 5.74) is 5.70. The van der Waals surface area contributed by atoms with Gasteiger partial charge in [-0.25, -0.2) is 13.4 Å². The van der Waals surface area contributed by atoms with E-state index in [4.69, 9.17) is 17.3 Å². The summed E-state index contributed by atoms with van der Waals surface area (Å²) in [6.45, 7) is 0. The molecule has 2 aromatic heterocycles. The molecule has 0 aliphatic carbocycles. The molecule has 0 aromatic carbocycles. The fourth-order valence-electron chi connectivity index (χ4n) is 1.35. The minimum atomic E-state index is -3.83. The highest BCUT2D eigenvalue weighted by atomic mass is 35.5. The van der Waals surface area contributed by atoms with Gasteiger partial charge in [-0.2, -0.15) is 5.10 Å². The Balaban J connectivity index is 2.40. The van der Waals surface area contributed by atoms with Crippen molar-refractivity contribution in [1.29, 1.82) is 0 Å². The van der Waals surface area contributed by atoms with Crippen molar-refractivity contribution in [1.82, 2.24) is 14.8 Å². The van der Waals surface area contributed by atoms with Crippen LogP contribution in [0.15, 0.2) is 29.4 Å². The van der Waals surface area contributed by atoms with Crippen LogP contribution in [0.1, 0.15) is 0 Å². The molecule has 2 aromatic rings. The average Bonchev–Trinajstić information content (AvgIpc) is 2.62. The van der Waals surface area contributed by atoms with Crippen LogP contribution in [-0.4, -0.2) is 23.2 Å². The van der Waals surface area contributed by atoms with Crippen LogP contribution in [0.25, 0.3) is 0 Å². The highest BCUT2D eigenvalue weighted by Crippen LogP contribution is 2.23. The highest BCUT2D eigenvalue weighted by molar-refractivity contribution is 7.92. The van der Waals surface area contributed by atoms with Crippen molar-refractivity contribution in [2.75, 3.05) is 10.5 Å². The first kappa shape index (κ1) is 12.7. The molecule has 7 nitrogen and oxygen atoms in total. The van der Waals surface area contributed by atoms with E-state index in [1.54, 1.807) is 13.1 Å². The van der Waals surface area contributed by atoms with E-state index in [9.17, 15) is 8.42 Å². The molecule has 2 heterocycles. The largest absolute Gasteiger partial charge is 0.381 e. The maximum atomic E-state index is 12.1. The van der Waals surface area contributed by atoms with Crippen LogP contribution in [0.3, 0.4) is 0 Å². The lowest BCUT2D eigenvalue weighted by molar-refractivity contribution is 0.601. The maximum Gasteiger partial charge on any atom is 0.267 e. The Bertz CT molecular complexity index is 682. The zero-order valence-corrected chi connectivity index (χ0v) is 10.9. The van der Waals surface area contributed by atoms with Gasteiger partial charge in [0.05, 0.1) is 5.69 Å². The predicted octanol–water partition coefficient (Wildman–Crippen LogP) is 0.852. The summed E-state index contributed by atoms with van der Waals surface area (Å²) in [5.74, 6) is -0.0787. The third-order valence-corrected chi connectivity index (χ3v) is 3.80. The molecule has 0 saturated carbocycles. The Labute approximate surface area is 109 Å². The number of halogens is 1. The SMILES string of the molecule is Cn1cc(S(=O)(=O)Nc2cccnc2Cl)c(N)n1. The number of nitrogen functional groups attached to an aromatic ring is 1. The molecule has 0 aliphatic rings. The molecule has 0 atom stereocenters. The monoisotopic (exact) mass is 287 g/mol. The van der Waals surface area contributed by atoms with Crippen molar-refractivity contribution in [2.45, 2.75) is 4.90 Å². The molecule has 2 rings (SSSR count). The lowest BCUT2D eigenvalue weighted by Crippen LogP contribution is -2.14. The topological polar surface area (TPSA) is 103 Å². The molecule has 0 unspecified atom stereocenters. The highest BCUT2D eigenvalue weighted by Gasteiger charge is 2.21. The van der Waals surface area contributed by atoms with Crippen molar-refractivity contribution in [3.8, 4) is 0 Å². The number of rotatable bonds is 3. The van der Waals surface area contributed by atoms with Gasteiger partial charge in [0.15, 0.2) is 11.0 Å². The van der Waals surface area contributed by atoms with Crippen LogP contribution >= 0.6 is 11.6 Å². The number of nitrogens with one attached hydrogen (secondary N) is 1. The number of nitrogens with two attached hydrogens (primary N) is 1. The quantitative estimate of drug-likeness (QED) is 0.815. The second kappa shape index (κ2) is 4.46. The smallest absolute Gasteiger partial charge is 0.267 e. The number of hydrogen-bond donors (Lipinski definition) is 2. The van der Waals surface area contributed by atoms with Crippen LogP contribution in [-0.2, 0) is 17.1 Å². The van der Waals surface area contributed by atoms with Crippen molar-refractivity contribution in [3.05, 3.63) is 29.7 Å². The van der Waals surface area contributed by atoms with E-state index in [1.807, 2.05) is 0 Å². The molecule has 9 heteroatoms. The van der Waals surface area contributed by atoms with Gasteiger partial charge in [-0.15, -0.1) is 0 Å². The summed E-state index contributed by atoms with van der Waals surface area (Å²) in [6.07, 6.45) is 2.76. The minimum absolute atomic E-state index is 0.0588. The zero-order valence-electron chi connectivity index (χ0n) is 9.33. The van der Waals surface area contributed by atoms with Crippen LogP contribution in [0.4, 0.5) is 11.5 Å². The van der Waals surface area contributed by atoms with Gasteiger partial charge < -0.3 is 5.73 Å². The third kappa shape index (κ3) is 2.39. The van der Waals surface area contributed by atoms with E-state index in [1.165, 1.54) is 23.1 Å². The van der Waals surface area contributed by atoms with Gasteiger partial charge in [-0.05, 0) is 12.1 Å². The first-order valence-corrected chi connectivity index (χ1v) is 6.69. The number of aryl methyl sites for hydroxylation is 1. The first-order valence-electron chi connectivity index (χ1n) is 4.82. The number of nitrogens with zero attached hydrogens (tertiary/aromatic N) is 3. The first-order chi connectivity index (χ1) is 8.40. The van der Waals surface area contributed by atoms with E-state index in [0.717, 1.165) is 0 Å². The van der Waals surface area contributed by atoms with E-state index in [0.29, 0.717) is 0 Å². The second-order valence-electron chi connectivity index (χ2n) is 3.50. The fraction of sp³-hybridized carbons (Fsp3) is 0.111. The standard InChI is InChI=1S/C9H10ClN5O2S/c1-15-5-7(9(11)13-15)18(16,17)14-6-3-2-4-12-8(6)10/h2-5,14H,1H3,(H2,11,13). The van der Waals surface area contributed by atoms with Crippen molar-refractivity contribution < 1.29 is 8.42 Å². The van der Waals surface area contributed by atoms with Crippen LogP contribution in [0, 0.1) is 0 Å². The predicted molar refractivity (Wildman–Crippen MR) is 67.7 cm³/mol. The fourth-order valence-corrected chi connectivity index (χ4v) is 2.75. The van der Waals surface area contributed by atoms with Gasteiger partial charge in [0.1, 0.15) is 4.90 Å². The van der Waals surface area contributed by atoms with Crippen molar-refractivity contribution in [2.24, 2.45) is 7.05 Å². The Morgan fingerprint density at radius 2 is 2.22 bits per heavy atom. The minimum Gasteiger partial charge on any atom is -0.381 e. The maximum absolute atomic E-state index is 12.1. The van der Waals surface area contributed by atoms with Crippen LogP contribution in [0.5, 0.6) is 0 Å². The number of pyridine rings is 1. The summed E-state index contributed by atoms with van der Waals surface area (Å²) in [5, 5.41) is 3.83. The van der Waals surface area contributed by atoms with E-state index < -0.39 is 10.0 Å². The van der Waals surface area contributed by atoms with Crippen molar-refractivity contribution in [3.63, 3.8) is 0 Å². The molecular weight excluding hydrogens is 278 g/mol. The van der Waals surface area contributed by atoms with E-state index in [-0.39, 0.29) is 21.6 Å². The van der Waals surface area contributed by atoms with Gasteiger partial charge in [0.25, 0.3) is 10.0 Å². The molecule has 0 bridgehead atoms. The summed E-state index contributed by atoms with van der Waals surface area (Å²) in [7, 11) is -2.25. The summed E-state index contributed by atoms with van der Waals surface area (Å²) in [6, 6.07) is 3.07. The molecule has 0 saturated heterocycles. The normalized spacial score (nSPS) is 11.4. The number of anilines is 2. The van der Waals surface area contributed by atoms with Gasteiger partial charge in [0, 0.05) is 19.4 Å². The molecule has 0 aliphatic heterocycles. The summed E-state index contributed by atoms with van der Waals surface area (Å²) >= 11 is 5.77. The molecule has 96 valence electrons. The van der Waals surface area contributed by atoms with E-state index >= 15 is 0 Å². The number of aromatic nitrogens is 3. The Kier molecular flexibility index (Phi) is 3.14. The number of sulfonamides is 1. The lowest BCUT2D eigenvalue weighted by atomic mass is 10.4. The van der Waals surface area contributed by atoms with Gasteiger partial charge >= 0.3 is 0 Å². The summed E-state index contributed by atoms with van der Waals surface area (Å²) in [4.78, 5) is 3.66. The Hall–Kier alpha value is -1.80. The molecule has 3 N–H and O–H groups in total. The van der Waals surface area contributed by atoms with Gasteiger partial charge in [0.2, 0.25) is 0 Å². The lowest BCUT2D eigenvalue weighted by Gasteiger charge is -2.07. The number of hydrogen-bond acceptors (Lipinski definition) is 5. The molecular formula is C9H10ClN5O2S.